The summed E-state index contributed by atoms with van der Waals surface area (Å²) < 4.78 is 0. The van der Waals surface area contributed by atoms with Crippen LogP contribution < -0.4 is 10.6 Å². The molecule has 1 rings (SSSR count). The Morgan fingerprint density at radius 1 is 1.00 bits per heavy atom. The summed E-state index contributed by atoms with van der Waals surface area (Å²) >= 11 is 1.49. The van der Waals surface area contributed by atoms with Crippen LogP contribution in [0.15, 0.2) is 5.16 Å². The first-order valence-electron chi connectivity index (χ1n) is 3.45. The van der Waals surface area contributed by atoms with Gasteiger partial charge in [-0.3, -0.25) is 0 Å². The molecule has 7 heteroatoms. The number of rotatable bonds is 3. The fraction of sp³-hybridized carbons (Fsp3) is 0.500. The lowest BCUT2D eigenvalue weighted by molar-refractivity contribution is 0.915. The quantitative estimate of drug-likeness (QED) is 0.746. The first-order chi connectivity index (χ1) is 5.80. The molecule has 0 bridgehead atoms. The third-order valence-corrected chi connectivity index (χ3v) is 1.79. The van der Waals surface area contributed by atoms with Crippen molar-refractivity contribution in [1.29, 1.82) is 0 Å². The molecule has 1 aromatic rings. The number of thioether (sulfide) groups is 1. The Bertz CT molecular complexity index is 214. The molecule has 0 atom stereocenters. The van der Waals surface area contributed by atoms with Gasteiger partial charge in [0.15, 0.2) is 5.16 Å². The van der Waals surface area contributed by atoms with Gasteiger partial charge >= 0.3 is 0 Å². The van der Waals surface area contributed by atoms with Crippen molar-refractivity contribution in [2.24, 2.45) is 0 Å². The minimum absolute atomic E-state index is 0. The molecule has 0 radical (unpaired) electrons. The van der Waals surface area contributed by atoms with E-state index in [2.05, 4.69) is 25.6 Å². The Morgan fingerprint density at radius 2 is 1.46 bits per heavy atom. The van der Waals surface area contributed by atoms with E-state index < -0.39 is 0 Å². The number of hydrogen-bond donors (Lipinski definition) is 2. The fourth-order valence-corrected chi connectivity index (χ4v) is 1.03. The van der Waals surface area contributed by atoms with Crippen molar-refractivity contribution in [2.45, 2.75) is 5.16 Å². The van der Waals surface area contributed by atoms with Crippen LogP contribution in [-0.4, -0.2) is 35.3 Å². The highest BCUT2D eigenvalue weighted by Crippen LogP contribution is 2.12. The van der Waals surface area contributed by atoms with Crippen LogP contribution in [-0.2, 0) is 0 Å². The predicted octanol–water partition coefficient (Wildman–Crippen LogP) is 1.10. The Morgan fingerprint density at radius 3 is 1.77 bits per heavy atom. The molecular formula is C6H12ClN5S. The average Bonchev–Trinajstić information content (AvgIpc) is 2.16. The summed E-state index contributed by atoms with van der Waals surface area (Å²) in [5.74, 6) is 1.16. The van der Waals surface area contributed by atoms with Gasteiger partial charge in [-0.1, -0.05) is 11.8 Å². The van der Waals surface area contributed by atoms with Crippen molar-refractivity contribution in [3.8, 4) is 0 Å². The van der Waals surface area contributed by atoms with Gasteiger partial charge in [0.2, 0.25) is 11.9 Å². The maximum Gasteiger partial charge on any atom is 0.228 e. The largest absolute Gasteiger partial charge is 0.357 e. The second-order valence-corrected chi connectivity index (χ2v) is 2.74. The van der Waals surface area contributed by atoms with E-state index in [1.54, 1.807) is 14.1 Å². The van der Waals surface area contributed by atoms with Gasteiger partial charge in [0.05, 0.1) is 0 Å². The zero-order chi connectivity index (χ0) is 8.97. The van der Waals surface area contributed by atoms with E-state index in [1.807, 2.05) is 6.26 Å². The molecule has 0 fully saturated rings. The lowest BCUT2D eigenvalue weighted by Crippen LogP contribution is -2.04. The van der Waals surface area contributed by atoms with Crippen LogP contribution in [0, 0.1) is 0 Å². The molecule has 0 aromatic carbocycles. The third kappa shape index (κ3) is 3.23. The lowest BCUT2D eigenvalue weighted by Gasteiger charge is -2.03. The molecule has 74 valence electrons. The van der Waals surface area contributed by atoms with Gasteiger partial charge in [0.1, 0.15) is 0 Å². The maximum absolute atomic E-state index is 4.11. The van der Waals surface area contributed by atoms with Crippen molar-refractivity contribution in [3.05, 3.63) is 0 Å². The van der Waals surface area contributed by atoms with Crippen LogP contribution >= 0.6 is 24.2 Å². The Labute approximate surface area is 87.6 Å². The molecule has 0 aliphatic carbocycles. The number of nitrogens with one attached hydrogen (secondary N) is 2. The Kier molecular flexibility index (Phi) is 5.48. The summed E-state index contributed by atoms with van der Waals surface area (Å²) in [6, 6.07) is 0. The van der Waals surface area contributed by atoms with E-state index in [0.717, 1.165) is 0 Å². The second-order valence-electron chi connectivity index (χ2n) is 1.97. The monoisotopic (exact) mass is 221 g/mol. The topological polar surface area (TPSA) is 62.7 Å². The van der Waals surface area contributed by atoms with Crippen LogP contribution in [0.2, 0.25) is 0 Å². The van der Waals surface area contributed by atoms with E-state index in [-0.39, 0.29) is 12.4 Å². The van der Waals surface area contributed by atoms with Crippen molar-refractivity contribution in [3.63, 3.8) is 0 Å². The highest BCUT2D eigenvalue weighted by Gasteiger charge is 2.01. The molecule has 13 heavy (non-hydrogen) atoms. The first kappa shape index (κ1) is 12.2. The lowest BCUT2D eigenvalue weighted by atomic mass is 10.8. The Hall–Kier alpha value is -0.750. The summed E-state index contributed by atoms with van der Waals surface area (Å²) in [4.78, 5) is 12.3. The summed E-state index contributed by atoms with van der Waals surface area (Å²) in [7, 11) is 3.55. The van der Waals surface area contributed by atoms with Crippen LogP contribution in [0.4, 0.5) is 11.9 Å². The number of nitrogens with zero attached hydrogens (tertiary/aromatic N) is 3. The molecule has 5 nitrogen and oxygen atoms in total. The van der Waals surface area contributed by atoms with Crippen molar-refractivity contribution < 1.29 is 0 Å². The van der Waals surface area contributed by atoms with Crippen molar-refractivity contribution >= 4 is 36.1 Å². The minimum Gasteiger partial charge on any atom is -0.357 e. The normalized spacial score (nSPS) is 8.85. The molecule has 0 saturated heterocycles. The van der Waals surface area contributed by atoms with E-state index >= 15 is 0 Å². The summed E-state index contributed by atoms with van der Waals surface area (Å²) in [5.41, 5.74) is 0. The molecule has 2 N–H and O–H groups in total. The van der Waals surface area contributed by atoms with E-state index in [4.69, 9.17) is 0 Å². The van der Waals surface area contributed by atoms with Crippen LogP contribution in [0.5, 0.6) is 0 Å². The highest BCUT2D eigenvalue weighted by molar-refractivity contribution is 7.98. The van der Waals surface area contributed by atoms with Crippen molar-refractivity contribution in [1.82, 2.24) is 15.0 Å². The van der Waals surface area contributed by atoms with E-state index in [9.17, 15) is 0 Å². The zero-order valence-electron chi connectivity index (χ0n) is 7.66. The first-order valence-corrected chi connectivity index (χ1v) is 4.68. The summed E-state index contributed by atoms with van der Waals surface area (Å²) in [5, 5.41) is 6.43. The molecule has 0 unspecified atom stereocenters. The second kappa shape index (κ2) is 5.82. The van der Waals surface area contributed by atoms with Crippen molar-refractivity contribution in [2.75, 3.05) is 31.0 Å². The number of aromatic nitrogens is 3. The fourth-order valence-electron chi connectivity index (χ4n) is 0.671. The van der Waals surface area contributed by atoms with E-state index in [0.29, 0.717) is 17.1 Å². The standard InChI is InChI=1S/C6H11N5S.ClH/c1-7-4-9-5(8-2)11-6(10-4)12-3;/h1-3H3,(H2,7,8,9,10,11);1H. The minimum atomic E-state index is 0. The molecular weight excluding hydrogens is 210 g/mol. The Balaban J connectivity index is 0.00000144. The highest BCUT2D eigenvalue weighted by atomic mass is 35.5. The van der Waals surface area contributed by atoms with Crippen LogP contribution in [0.25, 0.3) is 0 Å². The predicted molar refractivity (Wildman–Crippen MR) is 57.9 cm³/mol. The number of hydrogen-bond acceptors (Lipinski definition) is 6. The smallest absolute Gasteiger partial charge is 0.228 e. The maximum atomic E-state index is 4.11. The average molecular weight is 222 g/mol. The van der Waals surface area contributed by atoms with Gasteiger partial charge in [-0.05, 0) is 6.26 Å². The molecule has 0 spiro atoms. The SMILES string of the molecule is CNc1nc(NC)nc(SC)n1.Cl. The number of anilines is 2. The van der Waals surface area contributed by atoms with Gasteiger partial charge in [-0.15, -0.1) is 12.4 Å². The third-order valence-electron chi connectivity index (χ3n) is 1.24. The molecule has 0 saturated carbocycles. The van der Waals surface area contributed by atoms with Crippen LogP contribution in [0.1, 0.15) is 0 Å². The van der Waals surface area contributed by atoms with Gasteiger partial charge in [-0.2, -0.15) is 15.0 Å². The summed E-state index contributed by atoms with van der Waals surface area (Å²) in [6.07, 6.45) is 1.92. The zero-order valence-corrected chi connectivity index (χ0v) is 9.29. The summed E-state index contributed by atoms with van der Waals surface area (Å²) in [6.45, 7) is 0. The van der Waals surface area contributed by atoms with E-state index in [1.165, 1.54) is 11.8 Å². The van der Waals surface area contributed by atoms with Gasteiger partial charge in [0, 0.05) is 14.1 Å². The molecule has 1 aromatic heterocycles. The molecule has 0 aliphatic rings. The molecule has 1 heterocycles. The van der Waals surface area contributed by atoms with Gasteiger partial charge in [0.25, 0.3) is 0 Å². The van der Waals surface area contributed by atoms with Crippen LogP contribution in [0.3, 0.4) is 0 Å². The molecule has 0 amide bonds. The van der Waals surface area contributed by atoms with Gasteiger partial charge < -0.3 is 10.6 Å². The van der Waals surface area contributed by atoms with Gasteiger partial charge in [-0.25, -0.2) is 0 Å². The molecule has 0 aliphatic heterocycles. The number of halogens is 1.